The lowest BCUT2D eigenvalue weighted by atomic mass is 9.90. The van der Waals surface area contributed by atoms with Crippen molar-refractivity contribution in [2.45, 2.75) is 44.9 Å². The number of rotatable bonds is 11. The summed E-state index contributed by atoms with van der Waals surface area (Å²) in [4.78, 5) is 24.7. The van der Waals surface area contributed by atoms with Crippen molar-refractivity contribution in [3.8, 4) is 0 Å². The maximum Gasteiger partial charge on any atom is 0.303 e. The molecule has 1 aliphatic rings. The predicted molar refractivity (Wildman–Crippen MR) is 133 cm³/mol. The van der Waals surface area contributed by atoms with Gasteiger partial charge in [0.2, 0.25) is 5.91 Å². The van der Waals surface area contributed by atoms with Gasteiger partial charge in [0.1, 0.15) is 0 Å². The molecule has 8 nitrogen and oxygen atoms in total. The molecule has 4 atom stereocenters. The summed E-state index contributed by atoms with van der Waals surface area (Å²) in [6.07, 6.45) is 0.647. The number of anilines is 1. The molecule has 8 heteroatoms. The third kappa shape index (κ3) is 7.47. The largest absolute Gasteiger partial charge is 0.481 e. The van der Waals surface area contributed by atoms with Crippen LogP contribution in [0.1, 0.15) is 48.8 Å². The number of nitrogens with zero attached hydrogens (tertiary/aromatic N) is 1. The maximum atomic E-state index is 11.9. The highest BCUT2D eigenvalue weighted by atomic mass is 16.7. The van der Waals surface area contributed by atoms with Gasteiger partial charge in [-0.1, -0.05) is 49.4 Å². The van der Waals surface area contributed by atoms with E-state index in [9.17, 15) is 14.7 Å². The minimum atomic E-state index is -1.01. The topological polar surface area (TPSA) is 108 Å². The molecule has 1 saturated heterocycles. The summed E-state index contributed by atoms with van der Waals surface area (Å²) >= 11 is 0. The molecular formula is C27H34N2O6. The standard InChI is InChI=1S/C27H34N2O6/c1-4-15-29(3)16-23-18(2)26(20-7-5-19(17-30)6-8-20)35-27(34-23)21-9-11-22(12-10-21)28-24(31)13-14-25(32)33/h4-12,18,23,26-27,30H,1,13-17H2,2-3H3,(H,28,31)(H,32,33)/t18-,23+,26+,27+/m0/s1. The van der Waals surface area contributed by atoms with E-state index in [0.29, 0.717) is 12.2 Å². The van der Waals surface area contributed by atoms with Crippen LogP contribution in [-0.4, -0.2) is 53.2 Å². The van der Waals surface area contributed by atoms with Crippen molar-refractivity contribution in [2.24, 2.45) is 5.92 Å². The van der Waals surface area contributed by atoms with Gasteiger partial charge in [-0.25, -0.2) is 0 Å². The number of hydrogen-bond donors (Lipinski definition) is 3. The first kappa shape index (κ1) is 26.6. The third-order valence-electron chi connectivity index (χ3n) is 6.09. The van der Waals surface area contributed by atoms with Crippen LogP contribution in [0.5, 0.6) is 0 Å². The number of likely N-dealkylation sites (N-methyl/N-ethyl adjacent to an activating group) is 1. The Morgan fingerprint density at radius 2 is 1.71 bits per heavy atom. The van der Waals surface area contributed by atoms with Crippen molar-refractivity contribution in [1.29, 1.82) is 0 Å². The van der Waals surface area contributed by atoms with Gasteiger partial charge in [0.15, 0.2) is 6.29 Å². The number of aliphatic hydroxyl groups is 1. The molecule has 0 saturated carbocycles. The van der Waals surface area contributed by atoms with Crippen LogP contribution in [0.4, 0.5) is 5.69 Å². The van der Waals surface area contributed by atoms with Crippen molar-refractivity contribution in [3.05, 3.63) is 77.9 Å². The van der Waals surface area contributed by atoms with Crippen LogP contribution in [0, 0.1) is 5.92 Å². The SMILES string of the molecule is C=CCN(C)C[C@H]1O[C@@H](c2ccc(NC(=O)CCC(=O)O)cc2)O[C@@H](c2ccc(CO)cc2)[C@H]1C. The van der Waals surface area contributed by atoms with Crippen molar-refractivity contribution >= 4 is 17.6 Å². The van der Waals surface area contributed by atoms with E-state index in [4.69, 9.17) is 14.6 Å². The van der Waals surface area contributed by atoms with E-state index in [1.807, 2.05) is 49.5 Å². The summed E-state index contributed by atoms with van der Waals surface area (Å²) in [5.41, 5.74) is 3.25. The fourth-order valence-corrected chi connectivity index (χ4v) is 4.10. The summed E-state index contributed by atoms with van der Waals surface area (Å²) in [5.74, 6) is -1.28. The number of benzene rings is 2. The van der Waals surface area contributed by atoms with E-state index < -0.39 is 12.3 Å². The fraction of sp³-hybridized carbons (Fsp3) is 0.407. The number of carbonyl (C=O) groups is 2. The highest BCUT2D eigenvalue weighted by Crippen LogP contribution is 2.41. The Bertz CT molecular complexity index is 992. The normalized spacial score (nSPS) is 22.1. The molecule has 1 aliphatic heterocycles. The maximum absolute atomic E-state index is 11.9. The summed E-state index contributed by atoms with van der Waals surface area (Å²) in [6.45, 7) is 7.36. The zero-order valence-electron chi connectivity index (χ0n) is 20.2. The van der Waals surface area contributed by atoms with Gasteiger partial charge in [-0.3, -0.25) is 9.59 Å². The number of hydrogen-bond acceptors (Lipinski definition) is 6. The Balaban J connectivity index is 1.78. The van der Waals surface area contributed by atoms with Crippen LogP contribution in [-0.2, 0) is 25.7 Å². The second-order valence-electron chi connectivity index (χ2n) is 8.90. The van der Waals surface area contributed by atoms with Crippen molar-refractivity contribution in [1.82, 2.24) is 4.90 Å². The van der Waals surface area contributed by atoms with Crippen LogP contribution >= 0.6 is 0 Å². The molecule has 0 unspecified atom stereocenters. The van der Waals surface area contributed by atoms with Gasteiger partial charge in [0.05, 0.1) is 25.2 Å². The Hall–Kier alpha value is -3.04. The molecule has 2 aromatic carbocycles. The second-order valence-corrected chi connectivity index (χ2v) is 8.90. The van der Waals surface area contributed by atoms with Gasteiger partial charge < -0.3 is 29.9 Å². The molecule has 1 heterocycles. The van der Waals surface area contributed by atoms with Gasteiger partial charge in [-0.15, -0.1) is 6.58 Å². The van der Waals surface area contributed by atoms with E-state index in [-0.39, 0.29) is 43.5 Å². The number of nitrogens with one attached hydrogen (secondary N) is 1. The molecular weight excluding hydrogens is 448 g/mol. The lowest BCUT2D eigenvalue weighted by molar-refractivity contribution is -0.275. The van der Waals surface area contributed by atoms with Crippen LogP contribution in [0.15, 0.2) is 61.2 Å². The summed E-state index contributed by atoms with van der Waals surface area (Å²) in [5, 5.41) is 20.8. The van der Waals surface area contributed by atoms with E-state index in [1.165, 1.54) is 0 Å². The molecule has 2 aromatic rings. The molecule has 0 radical (unpaired) electrons. The first-order valence-electron chi connectivity index (χ1n) is 11.7. The lowest BCUT2D eigenvalue weighted by Crippen LogP contribution is -2.43. The van der Waals surface area contributed by atoms with Crippen molar-refractivity contribution in [3.63, 3.8) is 0 Å². The van der Waals surface area contributed by atoms with Gasteiger partial charge in [0, 0.05) is 36.7 Å². The highest BCUT2D eigenvalue weighted by molar-refractivity contribution is 5.92. The molecule has 3 rings (SSSR count). The third-order valence-corrected chi connectivity index (χ3v) is 6.09. The number of amides is 1. The first-order valence-corrected chi connectivity index (χ1v) is 11.7. The number of aliphatic carboxylic acids is 1. The average molecular weight is 483 g/mol. The lowest BCUT2D eigenvalue weighted by Gasteiger charge is -2.42. The summed E-state index contributed by atoms with van der Waals surface area (Å²) < 4.78 is 12.8. The molecule has 0 aliphatic carbocycles. The van der Waals surface area contributed by atoms with E-state index in [0.717, 1.165) is 23.2 Å². The average Bonchev–Trinajstić information content (AvgIpc) is 2.85. The molecule has 0 aromatic heterocycles. The minimum absolute atomic E-state index is 0.0126. The molecule has 1 fully saturated rings. The number of ether oxygens (including phenoxy) is 2. The molecule has 0 spiro atoms. The fourth-order valence-electron chi connectivity index (χ4n) is 4.10. The summed E-state index contributed by atoms with van der Waals surface area (Å²) in [6, 6.07) is 14.9. The molecule has 188 valence electrons. The minimum Gasteiger partial charge on any atom is -0.481 e. The van der Waals surface area contributed by atoms with Crippen molar-refractivity contribution < 1.29 is 29.3 Å². The van der Waals surface area contributed by atoms with Crippen LogP contribution < -0.4 is 5.32 Å². The highest BCUT2D eigenvalue weighted by Gasteiger charge is 2.38. The second kappa shape index (κ2) is 12.6. The first-order chi connectivity index (χ1) is 16.8. The molecule has 3 N–H and O–H groups in total. The number of carboxylic acid groups (broad SMARTS) is 1. The number of aliphatic hydroxyl groups excluding tert-OH is 1. The smallest absolute Gasteiger partial charge is 0.303 e. The Morgan fingerprint density at radius 3 is 2.31 bits per heavy atom. The quantitative estimate of drug-likeness (QED) is 0.417. The predicted octanol–water partition coefficient (Wildman–Crippen LogP) is 3.89. The molecule has 0 bridgehead atoms. The van der Waals surface area contributed by atoms with Crippen LogP contribution in [0.3, 0.4) is 0 Å². The monoisotopic (exact) mass is 482 g/mol. The zero-order valence-corrected chi connectivity index (χ0v) is 20.2. The van der Waals surface area contributed by atoms with E-state index >= 15 is 0 Å². The van der Waals surface area contributed by atoms with Gasteiger partial charge in [-0.05, 0) is 30.3 Å². The summed E-state index contributed by atoms with van der Waals surface area (Å²) in [7, 11) is 2.02. The Morgan fingerprint density at radius 1 is 1.06 bits per heavy atom. The number of carboxylic acids is 1. The van der Waals surface area contributed by atoms with Crippen LogP contribution in [0.2, 0.25) is 0 Å². The Kier molecular flexibility index (Phi) is 9.56. The molecule has 35 heavy (non-hydrogen) atoms. The zero-order chi connectivity index (χ0) is 25.4. The number of carbonyl (C=O) groups excluding carboxylic acids is 1. The van der Waals surface area contributed by atoms with Gasteiger partial charge in [-0.2, -0.15) is 0 Å². The van der Waals surface area contributed by atoms with Gasteiger partial charge in [0.25, 0.3) is 0 Å². The van der Waals surface area contributed by atoms with Crippen molar-refractivity contribution in [2.75, 3.05) is 25.5 Å². The van der Waals surface area contributed by atoms with Gasteiger partial charge >= 0.3 is 5.97 Å². The van der Waals surface area contributed by atoms with E-state index in [2.05, 4.69) is 23.7 Å². The Labute approximate surface area is 206 Å². The van der Waals surface area contributed by atoms with E-state index in [1.54, 1.807) is 12.1 Å². The molecule has 1 amide bonds. The van der Waals surface area contributed by atoms with Crippen LogP contribution in [0.25, 0.3) is 0 Å².